The number of hydrogen-bond acceptors (Lipinski definition) is 7. The molecule has 0 spiro atoms. The second kappa shape index (κ2) is 9.36. The summed E-state index contributed by atoms with van der Waals surface area (Å²) in [6.45, 7) is 6.33. The molecule has 0 unspecified atom stereocenters. The molecular weight excluding hydrogens is 508 g/mol. The molecule has 10 heteroatoms. The van der Waals surface area contributed by atoms with Crippen LogP contribution in [0.15, 0.2) is 36.7 Å². The Balaban J connectivity index is 1.29. The summed E-state index contributed by atoms with van der Waals surface area (Å²) < 4.78 is 13.8. The number of rotatable bonds is 2. The molecule has 3 aromatic heterocycles. The minimum atomic E-state index is -0.586. The first-order valence-electron chi connectivity index (χ1n) is 12.7. The van der Waals surface area contributed by atoms with E-state index in [0.717, 1.165) is 53.3 Å². The molecule has 0 N–H and O–H groups in total. The van der Waals surface area contributed by atoms with Crippen LogP contribution in [0.1, 0.15) is 81.2 Å². The molecule has 2 aliphatic rings. The zero-order valence-corrected chi connectivity index (χ0v) is 22.7. The maximum atomic E-state index is 13.0. The van der Waals surface area contributed by atoms with Gasteiger partial charge >= 0.3 is 6.09 Å². The average Bonchev–Trinajstić information content (AvgIpc) is 3.43. The summed E-state index contributed by atoms with van der Waals surface area (Å²) in [7, 11) is 0. The van der Waals surface area contributed by atoms with Crippen molar-refractivity contribution in [2.75, 3.05) is 0 Å². The highest BCUT2D eigenvalue weighted by Crippen LogP contribution is 2.43. The van der Waals surface area contributed by atoms with Crippen LogP contribution in [0.4, 0.5) is 4.79 Å². The lowest BCUT2D eigenvalue weighted by atomic mass is 9.79. The zero-order valence-electron chi connectivity index (χ0n) is 21.1. The van der Waals surface area contributed by atoms with Gasteiger partial charge in [0.1, 0.15) is 11.4 Å². The number of halogens is 1. The second-order valence-corrected chi connectivity index (χ2v) is 12.1. The molecule has 6 rings (SSSR count). The number of hydrogen-bond donors (Lipinski definition) is 0. The van der Waals surface area contributed by atoms with Crippen molar-refractivity contribution in [2.24, 2.45) is 0 Å². The van der Waals surface area contributed by atoms with Crippen LogP contribution in [0.3, 0.4) is 0 Å². The maximum Gasteiger partial charge on any atom is 0.411 e. The summed E-state index contributed by atoms with van der Waals surface area (Å²) in [5.41, 5.74) is 2.55. The van der Waals surface area contributed by atoms with Gasteiger partial charge in [0, 0.05) is 34.6 Å². The number of aromatic nitrogens is 5. The van der Waals surface area contributed by atoms with Gasteiger partial charge in [-0.3, -0.25) is 14.5 Å². The standard InChI is InChI=1S/C27H29ClN6O2S/c1-27(2,3)36-26(35)33-14-18-12-19(28)8-9-21(18)34-23(15-33)30-31-25(34)17-6-4-16(5-7-17)24-20-10-11-29-13-22(20)37-32-24/h8-13,16-17H,4-7,14-15H2,1-3H3. The van der Waals surface area contributed by atoms with E-state index in [0.29, 0.717) is 24.0 Å². The Morgan fingerprint density at radius 2 is 1.86 bits per heavy atom. The van der Waals surface area contributed by atoms with Crippen LogP contribution < -0.4 is 0 Å². The van der Waals surface area contributed by atoms with Crippen LogP contribution in [0, 0.1) is 0 Å². The lowest BCUT2D eigenvalue weighted by molar-refractivity contribution is 0.0214. The number of amides is 1. The van der Waals surface area contributed by atoms with Gasteiger partial charge in [-0.1, -0.05) is 11.6 Å². The van der Waals surface area contributed by atoms with Gasteiger partial charge in [0.2, 0.25) is 0 Å². The van der Waals surface area contributed by atoms with Crippen molar-refractivity contribution in [3.63, 3.8) is 0 Å². The van der Waals surface area contributed by atoms with E-state index in [-0.39, 0.29) is 12.0 Å². The molecule has 1 amide bonds. The predicted octanol–water partition coefficient (Wildman–Crippen LogP) is 6.62. The van der Waals surface area contributed by atoms with Crippen LogP contribution in [0.5, 0.6) is 0 Å². The molecule has 0 radical (unpaired) electrons. The van der Waals surface area contributed by atoms with Gasteiger partial charge in [0.15, 0.2) is 5.82 Å². The van der Waals surface area contributed by atoms with Crippen molar-refractivity contribution in [2.45, 2.75) is 77.0 Å². The summed E-state index contributed by atoms with van der Waals surface area (Å²) in [6.07, 6.45) is 7.48. The highest BCUT2D eigenvalue weighted by atomic mass is 35.5. The fourth-order valence-electron chi connectivity index (χ4n) is 5.48. The van der Waals surface area contributed by atoms with Crippen molar-refractivity contribution >= 4 is 39.3 Å². The first kappa shape index (κ1) is 24.3. The minimum Gasteiger partial charge on any atom is -0.444 e. The van der Waals surface area contributed by atoms with Gasteiger partial charge in [-0.2, -0.15) is 4.37 Å². The van der Waals surface area contributed by atoms with Crippen molar-refractivity contribution in [3.05, 3.63) is 64.6 Å². The quantitative estimate of drug-likeness (QED) is 0.286. The predicted molar refractivity (Wildman–Crippen MR) is 143 cm³/mol. The fraction of sp³-hybridized carbons (Fsp3) is 0.444. The van der Waals surface area contributed by atoms with E-state index in [2.05, 4.69) is 25.8 Å². The smallest absolute Gasteiger partial charge is 0.411 e. The third-order valence-corrected chi connectivity index (χ3v) is 8.21. The molecule has 0 bridgehead atoms. The SMILES string of the molecule is CC(C)(C)OC(=O)N1Cc2cc(Cl)ccc2-n2c(nnc2C2CCC(c3nsc4cnccc34)CC2)C1. The van der Waals surface area contributed by atoms with E-state index < -0.39 is 5.60 Å². The van der Waals surface area contributed by atoms with E-state index in [1.807, 2.05) is 51.4 Å². The Bertz CT molecular complexity index is 1470. The maximum absolute atomic E-state index is 13.0. The normalized spacial score (nSPS) is 19.8. The molecule has 4 heterocycles. The first-order chi connectivity index (χ1) is 17.8. The van der Waals surface area contributed by atoms with Gasteiger partial charge < -0.3 is 4.74 Å². The van der Waals surface area contributed by atoms with Crippen molar-refractivity contribution in [1.29, 1.82) is 0 Å². The minimum absolute atomic E-state index is 0.278. The Kier molecular flexibility index (Phi) is 6.15. The molecule has 0 atom stereocenters. The first-order valence-corrected chi connectivity index (χ1v) is 13.8. The van der Waals surface area contributed by atoms with Gasteiger partial charge in [-0.25, -0.2) is 4.79 Å². The number of fused-ring (bicyclic) bond motifs is 4. The number of carbonyl (C=O) groups excluding carboxylic acids is 1. The molecule has 192 valence electrons. The summed E-state index contributed by atoms with van der Waals surface area (Å²) in [4.78, 5) is 18.9. The highest BCUT2D eigenvalue weighted by molar-refractivity contribution is 7.13. The monoisotopic (exact) mass is 536 g/mol. The number of benzene rings is 1. The molecule has 4 aromatic rings. The van der Waals surface area contributed by atoms with Crippen LogP contribution in [0.2, 0.25) is 5.02 Å². The van der Waals surface area contributed by atoms with Crippen LogP contribution in [-0.4, -0.2) is 40.7 Å². The third kappa shape index (κ3) is 4.70. The van der Waals surface area contributed by atoms with Crippen LogP contribution >= 0.6 is 23.1 Å². The van der Waals surface area contributed by atoms with E-state index in [1.54, 1.807) is 4.90 Å². The average molecular weight is 537 g/mol. The van der Waals surface area contributed by atoms with Crippen molar-refractivity contribution in [3.8, 4) is 5.69 Å². The van der Waals surface area contributed by atoms with E-state index in [9.17, 15) is 4.79 Å². The van der Waals surface area contributed by atoms with Crippen LogP contribution in [0.25, 0.3) is 15.8 Å². The number of ether oxygens (including phenoxy) is 1. The van der Waals surface area contributed by atoms with E-state index >= 15 is 0 Å². The molecule has 37 heavy (non-hydrogen) atoms. The molecule has 8 nitrogen and oxygen atoms in total. The topological polar surface area (TPSA) is 86.0 Å². The summed E-state index contributed by atoms with van der Waals surface area (Å²) >= 11 is 7.91. The Labute approximate surface area is 224 Å². The molecule has 1 fully saturated rings. The molecule has 0 saturated heterocycles. The number of nitrogens with zero attached hydrogens (tertiary/aromatic N) is 6. The lowest BCUT2D eigenvalue weighted by Crippen LogP contribution is -2.35. The Morgan fingerprint density at radius 3 is 2.65 bits per heavy atom. The van der Waals surface area contributed by atoms with Gasteiger partial charge in [0.25, 0.3) is 0 Å². The fourth-order valence-corrected chi connectivity index (χ4v) is 6.50. The van der Waals surface area contributed by atoms with Gasteiger partial charge in [-0.15, -0.1) is 10.2 Å². The van der Waals surface area contributed by atoms with Gasteiger partial charge in [0.05, 0.1) is 29.2 Å². The largest absolute Gasteiger partial charge is 0.444 e. The molecule has 1 saturated carbocycles. The van der Waals surface area contributed by atoms with E-state index in [1.165, 1.54) is 22.6 Å². The number of pyridine rings is 1. The van der Waals surface area contributed by atoms with Crippen molar-refractivity contribution < 1.29 is 9.53 Å². The van der Waals surface area contributed by atoms with E-state index in [4.69, 9.17) is 20.7 Å². The zero-order chi connectivity index (χ0) is 25.7. The Morgan fingerprint density at radius 1 is 1.08 bits per heavy atom. The molecule has 1 aliphatic heterocycles. The van der Waals surface area contributed by atoms with Crippen LogP contribution in [-0.2, 0) is 17.8 Å². The molecular formula is C27H29ClN6O2S. The van der Waals surface area contributed by atoms with Crippen molar-refractivity contribution in [1.82, 2.24) is 29.0 Å². The lowest BCUT2D eigenvalue weighted by Gasteiger charge is -2.27. The highest BCUT2D eigenvalue weighted by Gasteiger charge is 2.34. The summed E-state index contributed by atoms with van der Waals surface area (Å²) in [5, 5.41) is 11.1. The Hall–Kier alpha value is -3.04. The summed E-state index contributed by atoms with van der Waals surface area (Å²) in [5.74, 6) is 2.41. The molecule has 1 aromatic carbocycles. The molecule has 1 aliphatic carbocycles. The number of carbonyl (C=O) groups is 1. The summed E-state index contributed by atoms with van der Waals surface area (Å²) in [6, 6.07) is 7.90. The van der Waals surface area contributed by atoms with Gasteiger partial charge in [-0.05, 0) is 87.8 Å². The second-order valence-electron chi connectivity index (χ2n) is 10.9. The third-order valence-electron chi connectivity index (χ3n) is 7.16.